The number of rotatable bonds is 3. The second-order valence-corrected chi connectivity index (χ2v) is 8.27. The van der Waals surface area contributed by atoms with Crippen molar-refractivity contribution in [1.82, 2.24) is 5.32 Å². The van der Waals surface area contributed by atoms with Gasteiger partial charge in [0.25, 0.3) is 0 Å². The highest BCUT2D eigenvalue weighted by Gasteiger charge is 2.25. The molecular weight excluding hydrogens is 320 g/mol. The average molecular weight is 348 g/mol. The monoisotopic (exact) mass is 348 g/mol. The standard InChI is InChI=1S/C19H28N2O4/c1-18(2,3)12-9-11(15(23)13(10-12)19(4,5)6)7-8-14(22)21-17(25)16(20)24/h9-10,23H,7-8H2,1-6H3,(H2,20,24)(H,21,22,25). The lowest BCUT2D eigenvalue weighted by molar-refractivity contribution is -0.140. The molecule has 0 unspecified atom stereocenters. The highest BCUT2D eigenvalue weighted by atomic mass is 16.3. The molecule has 25 heavy (non-hydrogen) atoms. The van der Waals surface area contributed by atoms with Crippen LogP contribution in [0.5, 0.6) is 5.75 Å². The van der Waals surface area contributed by atoms with Gasteiger partial charge in [0.2, 0.25) is 5.91 Å². The largest absolute Gasteiger partial charge is 0.507 e. The second kappa shape index (κ2) is 7.25. The fourth-order valence-corrected chi connectivity index (χ4v) is 2.39. The summed E-state index contributed by atoms with van der Waals surface area (Å²) in [6.07, 6.45) is 0.209. The zero-order chi connectivity index (χ0) is 19.6. The summed E-state index contributed by atoms with van der Waals surface area (Å²) in [5, 5.41) is 12.5. The van der Waals surface area contributed by atoms with E-state index in [0.717, 1.165) is 11.1 Å². The molecule has 6 heteroatoms. The summed E-state index contributed by atoms with van der Waals surface area (Å²) in [7, 11) is 0. The third-order valence-corrected chi connectivity index (χ3v) is 3.96. The van der Waals surface area contributed by atoms with E-state index in [1.807, 2.05) is 38.2 Å². The van der Waals surface area contributed by atoms with Crippen LogP contribution in [0.1, 0.15) is 64.7 Å². The number of primary amides is 1. The maximum atomic E-state index is 11.8. The predicted molar refractivity (Wildman–Crippen MR) is 96.2 cm³/mol. The van der Waals surface area contributed by atoms with E-state index in [1.54, 1.807) is 0 Å². The number of benzene rings is 1. The summed E-state index contributed by atoms with van der Waals surface area (Å²) in [5.41, 5.74) is 6.93. The first-order valence-corrected chi connectivity index (χ1v) is 8.24. The number of imide groups is 1. The summed E-state index contributed by atoms with van der Waals surface area (Å²) in [6, 6.07) is 3.88. The summed E-state index contributed by atoms with van der Waals surface area (Å²) < 4.78 is 0. The fourth-order valence-electron chi connectivity index (χ4n) is 2.39. The molecule has 0 aromatic heterocycles. The van der Waals surface area contributed by atoms with Crippen molar-refractivity contribution in [3.63, 3.8) is 0 Å². The molecule has 6 nitrogen and oxygen atoms in total. The Hall–Kier alpha value is -2.37. The lowest BCUT2D eigenvalue weighted by atomic mass is 9.78. The van der Waals surface area contributed by atoms with Crippen molar-refractivity contribution >= 4 is 17.7 Å². The van der Waals surface area contributed by atoms with Crippen LogP contribution in [0.25, 0.3) is 0 Å². The van der Waals surface area contributed by atoms with E-state index < -0.39 is 17.7 Å². The van der Waals surface area contributed by atoms with Gasteiger partial charge in [-0.05, 0) is 33.9 Å². The third kappa shape index (κ3) is 5.59. The first kappa shape index (κ1) is 20.7. The molecule has 0 fully saturated rings. The van der Waals surface area contributed by atoms with Gasteiger partial charge < -0.3 is 10.8 Å². The van der Waals surface area contributed by atoms with Gasteiger partial charge >= 0.3 is 11.8 Å². The normalized spacial score (nSPS) is 11.9. The van der Waals surface area contributed by atoms with Gasteiger partial charge in [0, 0.05) is 6.42 Å². The first-order chi connectivity index (χ1) is 11.2. The zero-order valence-corrected chi connectivity index (χ0v) is 15.8. The van der Waals surface area contributed by atoms with E-state index in [0.29, 0.717) is 5.56 Å². The van der Waals surface area contributed by atoms with Gasteiger partial charge in [-0.2, -0.15) is 0 Å². The summed E-state index contributed by atoms with van der Waals surface area (Å²) in [4.78, 5) is 33.6. The second-order valence-electron chi connectivity index (χ2n) is 8.27. The van der Waals surface area contributed by atoms with E-state index in [-0.39, 0.29) is 29.4 Å². The topological polar surface area (TPSA) is 109 Å². The number of nitrogens with two attached hydrogens (primary N) is 1. The minimum Gasteiger partial charge on any atom is -0.507 e. The Kier molecular flexibility index (Phi) is 6.00. The van der Waals surface area contributed by atoms with E-state index in [9.17, 15) is 19.5 Å². The number of hydrogen-bond donors (Lipinski definition) is 3. The Bertz CT molecular complexity index is 695. The first-order valence-electron chi connectivity index (χ1n) is 8.24. The number of phenols is 1. The molecule has 1 aromatic rings. The van der Waals surface area contributed by atoms with Crippen molar-refractivity contribution in [2.45, 2.75) is 65.2 Å². The highest BCUT2D eigenvalue weighted by Crippen LogP contribution is 2.38. The molecule has 1 aromatic carbocycles. The Morgan fingerprint density at radius 1 is 1.04 bits per heavy atom. The lowest BCUT2D eigenvalue weighted by Gasteiger charge is -2.27. The summed E-state index contributed by atoms with van der Waals surface area (Å²) in [5.74, 6) is -2.79. The van der Waals surface area contributed by atoms with Gasteiger partial charge in [0.05, 0.1) is 0 Å². The Morgan fingerprint density at radius 2 is 1.60 bits per heavy atom. The number of phenolic OH excluding ortho intramolecular Hbond substituents is 1. The fraction of sp³-hybridized carbons (Fsp3) is 0.526. The number of hydrogen-bond acceptors (Lipinski definition) is 4. The highest BCUT2D eigenvalue weighted by molar-refractivity contribution is 6.37. The molecule has 3 amide bonds. The molecule has 4 N–H and O–H groups in total. The molecule has 138 valence electrons. The Balaban J connectivity index is 3.12. The van der Waals surface area contributed by atoms with Crippen LogP contribution in [0.3, 0.4) is 0 Å². The van der Waals surface area contributed by atoms with Crippen molar-refractivity contribution in [3.05, 3.63) is 28.8 Å². The van der Waals surface area contributed by atoms with Gasteiger partial charge in [-0.1, -0.05) is 53.7 Å². The number of aromatic hydroxyl groups is 1. The SMILES string of the molecule is CC(C)(C)c1cc(CCC(=O)NC(=O)C(N)=O)c(O)c(C(C)(C)C)c1. The molecule has 1 rings (SSSR count). The molecule has 0 saturated heterocycles. The van der Waals surface area contributed by atoms with Gasteiger partial charge in [0.1, 0.15) is 5.75 Å². The minimum atomic E-state index is -1.21. The van der Waals surface area contributed by atoms with Crippen molar-refractivity contribution in [3.8, 4) is 5.75 Å². The Morgan fingerprint density at radius 3 is 2.04 bits per heavy atom. The van der Waals surface area contributed by atoms with E-state index >= 15 is 0 Å². The van der Waals surface area contributed by atoms with Crippen LogP contribution in [-0.2, 0) is 31.6 Å². The van der Waals surface area contributed by atoms with Crippen LogP contribution >= 0.6 is 0 Å². The van der Waals surface area contributed by atoms with Crippen LogP contribution in [0.15, 0.2) is 12.1 Å². The molecule has 0 heterocycles. The van der Waals surface area contributed by atoms with Crippen molar-refractivity contribution < 1.29 is 19.5 Å². The molecule has 0 radical (unpaired) electrons. The van der Waals surface area contributed by atoms with Crippen molar-refractivity contribution in [1.29, 1.82) is 0 Å². The molecule has 0 aliphatic rings. The summed E-state index contributed by atoms with van der Waals surface area (Å²) in [6.45, 7) is 12.3. The molecule has 0 aliphatic heterocycles. The molecular formula is C19H28N2O4. The molecule has 0 atom stereocenters. The zero-order valence-electron chi connectivity index (χ0n) is 15.8. The molecule has 0 bridgehead atoms. The number of carbonyl (C=O) groups excluding carboxylic acids is 3. The number of aryl methyl sites for hydroxylation is 1. The van der Waals surface area contributed by atoms with Crippen molar-refractivity contribution in [2.75, 3.05) is 0 Å². The van der Waals surface area contributed by atoms with E-state index in [2.05, 4.69) is 20.8 Å². The molecule has 0 saturated carbocycles. The van der Waals surface area contributed by atoms with Crippen LogP contribution < -0.4 is 11.1 Å². The molecule has 0 spiro atoms. The van der Waals surface area contributed by atoms with Crippen molar-refractivity contribution in [2.24, 2.45) is 5.73 Å². The number of carbonyl (C=O) groups is 3. The quantitative estimate of drug-likeness (QED) is 0.726. The van der Waals surface area contributed by atoms with E-state index in [1.165, 1.54) is 0 Å². The average Bonchev–Trinajstić information content (AvgIpc) is 2.43. The van der Waals surface area contributed by atoms with Gasteiger partial charge in [0.15, 0.2) is 0 Å². The van der Waals surface area contributed by atoms with E-state index in [4.69, 9.17) is 5.73 Å². The maximum Gasteiger partial charge on any atom is 0.315 e. The van der Waals surface area contributed by atoms with Crippen LogP contribution in [0, 0.1) is 0 Å². The number of amides is 3. The Labute approximate surface area is 148 Å². The van der Waals surface area contributed by atoms with Crippen LogP contribution in [0.2, 0.25) is 0 Å². The summed E-state index contributed by atoms with van der Waals surface area (Å²) >= 11 is 0. The smallest absolute Gasteiger partial charge is 0.315 e. The third-order valence-electron chi connectivity index (χ3n) is 3.96. The van der Waals surface area contributed by atoms with Gasteiger partial charge in [-0.15, -0.1) is 0 Å². The minimum absolute atomic E-state index is 0.0379. The predicted octanol–water partition coefficient (Wildman–Crippen LogP) is 2.05. The van der Waals surface area contributed by atoms with Gasteiger partial charge in [-0.25, -0.2) is 0 Å². The maximum absolute atomic E-state index is 11.8. The van der Waals surface area contributed by atoms with Crippen LogP contribution in [0.4, 0.5) is 0 Å². The number of nitrogens with one attached hydrogen (secondary N) is 1. The molecule has 0 aliphatic carbocycles. The lowest BCUT2D eigenvalue weighted by Crippen LogP contribution is -2.39. The van der Waals surface area contributed by atoms with Gasteiger partial charge in [-0.3, -0.25) is 19.7 Å². The van der Waals surface area contributed by atoms with Crippen LogP contribution in [-0.4, -0.2) is 22.8 Å².